The van der Waals surface area contributed by atoms with Crippen LogP contribution in [0.25, 0.3) is 0 Å². The molecule has 21 heavy (non-hydrogen) atoms. The molecule has 0 radical (unpaired) electrons. The zero-order chi connectivity index (χ0) is 15.4. The topological polar surface area (TPSA) is 55.1 Å². The fraction of sp³-hybridized carbons (Fsp3) is 0.333. The number of hydrogen-bond acceptors (Lipinski definition) is 3. The van der Waals surface area contributed by atoms with Crippen molar-refractivity contribution in [3.63, 3.8) is 0 Å². The minimum atomic E-state index is -0.617. The third kappa shape index (κ3) is 4.11. The molecule has 1 N–H and O–H groups in total. The monoisotopic (exact) mass is 294 g/mol. The number of carbonyl (C=O) groups is 1. The molecule has 1 heterocycles. The van der Waals surface area contributed by atoms with E-state index in [4.69, 9.17) is 4.52 Å². The van der Waals surface area contributed by atoms with E-state index in [2.05, 4.69) is 10.5 Å². The van der Waals surface area contributed by atoms with Gasteiger partial charge in [-0.15, -0.1) is 0 Å². The minimum absolute atomic E-state index is 0.107. The Balaban J connectivity index is 1.88. The van der Waals surface area contributed by atoms with Gasteiger partial charge in [-0.3, -0.25) is 4.79 Å². The molecule has 0 aliphatic heterocycles. The van der Waals surface area contributed by atoms with Gasteiger partial charge in [-0.1, -0.05) is 18.1 Å². The van der Waals surface area contributed by atoms with E-state index in [1.807, 2.05) is 0 Å². The Labute approximate surface area is 121 Å². The minimum Gasteiger partial charge on any atom is -0.361 e. The maximum Gasteiger partial charge on any atom is 0.226 e. The first kappa shape index (κ1) is 15.2. The van der Waals surface area contributed by atoms with Gasteiger partial charge < -0.3 is 9.84 Å². The van der Waals surface area contributed by atoms with Crippen molar-refractivity contribution in [3.8, 4) is 0 Å². The fourth-order valence-corrected chi connectivity index (χ4v) is 2.01. The van der Waals surface area contributed by atoms with Crippen molar-refractivity contribution in [2.45, 2.75) is 26.2 Å². The van der Waals surface area contributed by atoms with Crippen LogP contribution in [0.2, 0.25) is 0 Å². The molecule has 0 saturated carbocycles. The number of carbonyl (C=O) groups excluding carboxylic acids is 1. The molecule has 1 aromatic heterocycles. The molecule has 0 spiro atoms. The quantitative estimate of drug-likeness (QED) is 0.922. The van der Waals surface area contributed by atoms with Gasteiger partial charge in [-0.05, 0) is 18.6 Å². The second-order valence-corrected chi connectivity index (χ2v) is 4.98. The average molecular weight is 294 g/mol. The maximum atomic E-state index is 13.6. The molecule has 1 atom stereocenters. The molecular formula is C15H16F2N2O2. The molecule has 6 heteroatoms. The van der Waals surface area contributed by atoms with E-state index in [0.29, 0.717) is 17.0 Å². The van der Waals surface area contributed by atoms with Gasteiger partial charge in [-0.2, -0.15) is 0 Å². The van der Waals surface area contributed by atoms with Crippen molar-refractivity contribution >= 4 is 5.91 Å². The van der Waals surface area contributed by atoms with E-state index in [1.165, 1.54) is 12.1 Å². The number of nitrogens with zero attached hydrogens (tertiary/aromatic N) is 1. The largest absolute Gasteiger partial charge is 0.361 e. The van der Waals surface area contributed by atoms with Gasteiger partial charge in [-0.25, -0.2) is 8.78 Å². The summed E-state index contributed by atoms with van der Waals surface area (Å²) in [5.74, 6) is -1.07. The lowest BCUT2D eigenvalue weighted by Crippen LogP contribution is -2.29. The van der Waals surface area contributed by atoms with E-state index in [0.717, 1.165) is 6.07 Å². The lowest BCUT2D eigenvalue weighted by atomic mass is 10.0. The predicted octanol–water partition coefficient (Wildman–Crippen LogP) is 2.72. The van der Waals surface area contributed by atoms with E-state index < -0.39 is 11.6 Å². The molecule has 2 rings (SSSR count). The summed E-state index contributed by atoms with van der Waals surface area (Å²) in [6.45, 7) is 3.77. The summed E-state index contributed by atoms with van der Waals surface area (Å²) in [6.07, 6.45) is 0.107. The summed E-state index contributed by atoms with van der Waals surface area (Å²) in [6, 6.07) is 5.12. The first-order chi connectivity index (χ1) is 9.95. The molecule has 1 unspecified atom stereocenters. The lowest BCUT2D eigenvalue weighted by molar-refractivity contribution is -0.120. The molecule has 1 aromatic carbocycles. The van der Waals surface area contributed by atoms with Crippen LogP contribution < -0.4 is 5.32 Å². The van der Waals surface area contributed by atoms with Gasteiger partial charge in [0.2, 0.25) is 5.91 Å². The van der Waals surface area contributed by atoms with Crippen LogP contribution in [0.4, 0.5) is 8.78 Å². The number of aromatic nitrogens is 1. The Hall–Kier alpha value is -2.24. The van der Waals surface area contributed by atoms with E-state index in [-0.39, 0.29) is 24.8 Å². The fourth-order valence-electron chi connectivity index (χ4n) is 2.01. The highest BCUT2D eigenvalue weighted by molar-refractivity contribution is 5.78. The van der Waals surface area contributed by atoms with Crippen molar-refractivity contribution < 1.29 is 18.1 Å². The highest BCUT2D eigenvalue weighted by Gasteiger charge is 2.14. The molecule has 1 amide bonds. The third-order valence-electron chi connectivity index (χ3n) is 3.12. The van der Waals surface area contributed by atoms with Gasteiger partial charge >= 0.3 is 0 Å². The van der Waals surface area contributed by atoms with Crippen LogP contribution in [0.3, 0.4) is 0 Å². The van der Waals surface area contributed by atoms with Gasteiger partial charge in [0.05, 0.1) is 12.1 Å². The lowest BCUT2D eigenvalue weighted by Gasteiger charge is -2.13. The summed E-state index contributed by atoms with van der Waals surface area (Å²) >= 11 is 0. The van der Waals surface area contributed by atoms with Gasteiger partial charge in [0.1, 0.15) is 17.4 Å². The molecular weight excluding hydrogens is 278 g/mol. The van der Waals surface area contributed by atoms with Gasteiger partial charge in [0, 0.05) is 24.6 Å². The molecule has 0 bridgehead atoms. The Morgan fingerprint density at radius 3 is 2.76 bits per heavy atom. The summed E-state index contributed by atoms with van der Waals surface area (Å²) in [5, 5.41) is 6.43. The number of halogens is 2. The zero-order valence-electron chi connectivity index (χ0n) is 11.8. The standard InChI is InChI=1S/C15H16F2N2O2/c1-9(13-4-3-11(16)6-14(13)17)8-18-15(20)7-12-5-10(2)21-19-12/h3-6,9H,7-8H2,1-2H3,(H,18,20). The van der Waals surface area contributed by atoms with Crippen LogP contribution >= 0.6 is 0 Å². The Kier molecular flexibility index (Phi) is 4.67. The van der Waals surface area contributed by atoms with Gasteiger partial charge in [0.15, 0.2) is 0 Å². The SMILES string of the molecule is Cc1cc(CC(=O)NCC(C)c2ccc(F)cc2F)no1. The second kappa shape index (κ2) is 6.47. The number of benzene rings is 1. The Morgan fingerprint density at radius 1 is 1.38 bits per heavy atom. The zero-order valence-corrected chi connectivity index (χ0v) is 11.8. The van der Waals surface area contributed by atoms with Crippen LogP contribution in [0.15, 0.2) is 28.8 Å². The highest BCUT2D eigenvalue weighted by atomic mass is 19.1. The van der Waals surface area contributed by atoms with Crippen LogP contribution in [0, 0.1) is 18.6 Å². The summed E-state index contributed by atoms with van der Waals surface area (Å²) in [7, 11) is 0. The number of rotatable bonds is 5. The maximum absolute atomic E-state index is 13.6. The van der Waals surface area contributed by atoms with Crippen LogP contribution in [-0.2, 0) is 11.2 Å². The molecule has 0 fully saturated rings. The number of hydrogen-bond donors (Lipinski definition) is 1. The van der Waals surface area contributed by atoms with Crippen molar-refractivity contribution in [2.24, 2.45) is 0 Å². The molecule has 112 valence electrons. The molecule has 2 aromatic rings. The summed E-state index contributed by atoms with van der Waals surface area (Å²) in [5.41, 5.74) is 0.916. The number of amides is 1. The van der Waals surface area contributed by atoms with Crippen molar-refractivity contribution in [3.05, 3.63) is 52.9 Å². The predicted molar refractivity (Wildman–Crippen MR) is 72.7 cm³/mol. The highest BCUT2D eigenvalue weighted by Crippen LogP contribution is 2.19. The van der Waals surface area contributed by atoms with Crippen LogP contribution in [0.1, 0.15) is 29.9 Å². The Morgan fingerprint density at radius 2 is 2.14 bits per heavy atom. The third-order valence-corrected chi connectivity index (χ3v) is 3.12. The number of aryl methyl sites for hydroxylation is 1. The van der Waals surface area contributed by atoms with Crippen LogP contribution in [0.5, 0.6) is 0 Å². The molecule has 0 saturated heterocycles. The average Bonchev–Trinajstić information content (AvgIpc) is 2.81. The van der Waals surface area contributed by atoms with Crippen molar-refractivity contribution in [1.82, 2.24) is 10.5 Å². The first-order valence-corrected chi connectivity index (χ1v) is 6.59. The van der Waals surface area contributed by atoms with E-state index in [9.17, 15) is 13.6 Å². The molecule has 0 aliphatic carbocycles. The van der Waals surface area contributed by atoms with E-state index in [1.54, 1.807) is 19.9 Å². The summed E-state index contributed by atoms with van der Waals surface area (Å²) < 4.78 is 31.3. The number of nitrogens with one attached hydrogen (secondary N) is 1. The summed E-state index contributed by atoms with van der Waals surface area (Å²) in [4.78, 5) is 11.7. The normalized spacial score (nSPS) is 12.2. The van der Waals surface area contributed by atoms with Gasteiger partial charge in [0.25, 0.3) is 0 Å². The second-order valence-electron chi connectivity index (χ2n) is 4.98. The van der Waals surface area contributed by atoms with Crippen molar-refractivity contribution in [1.29, 1.82) is 0 Å². The van der Waals surface area contributed by atoms with Crippen molar-refractivity contribution in [2.75, 3.05) is 6.54 Å². The molecule has 0 aliphatic rings. The van der Waals surface area contributed by atoms with E-state index >= 15 is 0 Å². The molecule has 4 nitrogen and oxygen atoms in total. The first-order valence-electron chi connectivity index (χ1n) is 6.59. The Bertz CT molecular complexity index is 640. The van der Waals surface area contributed by atoms with Crippen LogP contribution in [-0.4, -0.2) is 17.6 Å². The smallest absolute Gasteiger partial charge is 0.226 e.